The Bertz CT molecular complexity index is 792. The van der Waals surface area contributed by atoms with Gasteiger partial charge in [-0.2, -0.15) is 0 Å². The van der Waals surface area contributed by atoms with E-state index in [0.717, 1.165) is 45.3 Å². The Balaban J connectivity index is 1.63. The minimum absolute atomic E-state index is 0.351. The predicted octanol–water partition coefficient (Wildman–Crippen LogP) is 4.85. The highest BCUT2D eigenvalue weighted by Gasteiger charge is 2.56. The first kappa shape index (κ1) is 17.2. The zero-order valence-corrected chi connectivity index (χ0v) is 16.3. The highest BCUT2D eigenvalue weighted by Crippen LogP contribution is 2.46. The van der Waals surface area contributed by atoms with E-state index in [4.69, 9.17) is 18.6 Å². The minimum atomic E-state index is -0.615. The number of hydrogen-bond acceptors (Lipinski definition) is 4. The second-order valence-corrected chi connectivity index (χ2v) is 7.78. The summed E-state index contributed by atoms with van der Waals surface area (Å²) in [5.74, 6) is 3.92. The lowest BCUT2D eigenvalue weighted by Crippen LogP contribution is -2.50. The summed E-state index contributed by atoms with van der Waals surface area (Å²) in [4.78, 5) is 0. The van der Waals surface area contributed by atoms with Gasteiger partial charge in [-0.25, -0.2) is 0 Å². The molecule has 0 N–H and O–H groups in total. The van der Waals surface area contributed by atoms with Crippen molar-refractivity contribution in [1.82, 2.24) is 0 Å². The molecule has 2 aliphatic heterocycles. The van der Waals surface area contributed by atoms with Gasteiger partial charge in [0.2, 0.25) is 0 Å². The van der Waals surface area contributed by atoms with Crippen molar-refractivity contribution in [3.8, 4) is 23.0 Å². The number of fused-ring (bicyclic) bond motifs is 2. The van der Waals surface area contributed by atoms with Crippen LogP contribution in [0.5, 0.6) is 23.0 Å². The summed E-state index contributed by atoms with van der Waals surface area (Å²) in [6, 6.07) is 8.37. The molecule has 26 heavy (non-hydrogen) atoms. The van der Waals surface area contributed by atoms with Crippen LogP contribution < -0.4 is 18.6 Å². The minimum Gasteiger partial charge on any atom is -0.523 e. The Kier molecular flexibility index (Phi) is 4.09. The average molecular weight is 350 g/mol. The Morgan fingerprint density at radius 3 is 1.27 bits per heavy atom. The maximum Gasteiger partial charge on any atom is 0.658 e. The van der Waals surface area contributed by atoms with E-state index in [2.05, 4.69) is 52.0 Å². The lowest BCUT2D eigenvalue weighted by atomic mass is 9.49. The van der Waals surface area contributed by atoms with Crippen molar-refractivity contribution in [2.45, 2.75) is 53.4 Å². The van der Waals surface area contributed by atoms with Crippen LogP contribution in [0.4, 0.5) is 0 Å². The van der Waals surface area contributed by atoms with Crippen molar-refractivity contribution >= 4 is 14.0 Å². The van der Waals surface area contributed by atoms with Gasteiger partial charge in [-0.1, -0.05) is 52.0 Å². The molecule has 0 amide bonds. The third-order valence-electron chi connectivity index (χ3n) is 5.08. The molecule has 0 aliphatic carbocycles. The third-order valence-corrected chi connectivity index (χ3v) is 5.08. The van der Waals surface area contributed by atoms with Crippen LogP contribution in [-0.4, -0.2) is 14.0 Å². The van der Waals surface area contributed by atoms with Gasteiger partial charge in [0.25, 0.3) is 0 Å². The quantitative estimate of drug-likeness (QED) is 0.742. The van der Waals surface area contributed by atoms with E-state index < -0.39 is 14.0 Å². The van der Waals surface area contributed by atoms with Crippen molar-refractivity contribution < 1.29 is 18.6 Å². The lowest BCUT2D eigenvalue weighted by molar-refractivity contribution is 0.460. The second kappa shape index (κ2) is 6.19. The largest absolute Gasteiger partial charge is 0.658 e. The monoisotopic (exact) mass is 350 g/mol. The van der Waals surface area contributed by atoms with Crippen molar-refractivity contribution in [1.29, 1.82) is 0 Å². The van der Waals surface area contributed by atoms with Crippen molar-refractivity contribution in [3.05, 3.63) is 46.5 Å². The molecule has 0 radical (unpaired) electrons. The highest BCUT2D eigenvalue weighted by atomic mass is 16.7. The first-order chi connectivity index (χ1) is 12.4. The van der Waals surface area contributed by atoms with Crippen LogP contribution in [0.15, 0.2) is 24.3 Å². The molecular weight excluding hydrogens is 326 g/mol. The van der Waals surface area contributed by atoms with Gasteiger partial charge < -0.3 is 18.6 Å². The van der Waals surface area contributed by atoms with Crippen LogP contribution in [0.1, 0.15) is 61.8 Å². The van der Waals surface area contributed by atoms with E-state index in [1.54, 1.807) is 0 Å². The van der Waals surface area contributed by atoms with Crippen LogP contribution in [0.3, 0.4) is 0 Å². The Morgan fingerprint density at radius 2 is 0.923 bits per heavy atom. The molecule has 0 saturated heterocycles. The molecule has 2 aromatic carbocycles. The fraction of sp³-hybridized carbons (Fsp3) is 0.400. The second-order valence-electron chi connectivity index (χ2n) is 7.78. The van der Waals surface area contributed by atoms with Crippen LogP contribution >= 0.6 is 0 Å². The third kappa shape index (κ3) is 2.63. The van der Waals surface area contributed by atoms with Crippen molar-refractivity contribution in [2.75, 3.05) is 0 Å². The summed E-state index contributed by atoms with van der Waals surface area (Å²) < 4.78 is 24.6. The highest BCUT2D eigenvalue weighted by molar-refractivity contribution is 7.12. The van der Waals surface area contributed by atoms with E-state index in [1.807, 2.05) is 13.8 Å². The normalized spacial score (nSPS) is 14.8. The maximum absolute atomic E-state index is 6.16. The van der Waals surface area contributed by atoms with Gasteiger partial charge in [-0.05, 0) is 47.9 Å². The summed E-state index contributed by atoms with van der Waals surface area (Å²) in [6.45, 7) is 12.7. The van der Waals surface area contributed by atoms with Crippen LogP contribution in [0.25, 0.3) is 0 Å². The summed E-state index contributed by atoms with van der Waals surface area (Å²) >= 11 is 0. The maximum atomic E-state index is 6.16. The molecule has 134 valence electrons. The van der Waals surface area contributed by atoms with Crippen LogP contribution in [-0.2, 0) is 0 Å². The number of hydrogen-bond donors (Lipinski definition) is 0. The molecule has 0 unspecified atom stereocenters. The molecule has 0 atom stereocenters. The van der Waals surface area contributed by atoms with E-state index in [-0.39, 0.29) is 0 Å². The molecular formula is C20H24B2O4. The molecule has 0 saturated carbocycles. The summed E-state index contributed by atoms with van der Waals surface area (Å²) in [5.41, 5.74) is 4.40. The molecule has 2 aromatic rings. The molecule has 0 fully saturated rings. The van der Waals surface area contributed by atoms with Crippen molar-refractivity contribution in [2.24, 2.45) is 0 Å². The molecule has 0 bridgehead atoms. The predicted molar refractivity (Wildman–Crippen MR) is 105 cm³/mol. The fourth-order valence-corrected chi connectivity index (χ4v) is 3.53. The van der Waals surface area contributed by atoms with Gasteiger partial charge in [-0.15, -0.1) is 0 Å². The molecule has 6 heteroatoms. The van der Waals surface area contributed by atoms with Gasteiger partial charge in [0.1, 0.15) is 23.0 Å². The number of benzene rings is 2. The molecule has 2 heterocycles. The number of rotatable bonds is 3. The SMILES string of the molecule is Cc1ccc(C(C)C)c2c1OB(B1Oc3c(C)ccc(C(C)C)c3O1)O2. The molecule has 4 nitrogen and oxygen atoms in total. The van der Waals surface area contributed by atoms with Gasteiger partial charge in [0.15, 0.2) is 0 Å². The standard InChI is InChI=1S/C20H24B2O4/c1-11(2)15-9-7-13(5)17-19(15)25-21(23-17)22-24-18-14(6)8-10-16(12(3)4)20(18)26-22/h7-12H,1-6H3. The summed E-state index contributed by atoms with van der Waals surface area (Å²) in [5, 5.41) is 0. The smallest absolute Gasteiger partial charge is 0.523 e. The lowest BCUT2D eigenvalue weighted by Gasteiger charge is -2.12. The molecule has 0 aromatic heterocycles. The van der Waals surface area contributed by atoms with E-state index in [9.17, 15) is 0 Å². The van der Waals surface area contributed by atoms with Gasteiger partial charge in [0.05, 0.1) is 0 Å². The van der Waals surface area contributed by atoms with Gasteiger partial charge >= 0.3 is 14.0 Å². The van der Waals surface area contributed by atoms with E-state index >= 15 is 0 Å². The first-order valence-corrected chi connectivity index (χ1v) is 9.30. The molecule has 4 rings (SSSR count). The fourth-order valence-electron chi connectivity index (χ4n) is 3.53. The molecule has 0 spiro atoms. The Hall–Kier alpha value is -2.23. The summed E-state index contributed by atoms with van der Waals surface area (Å²) in [7, 11) is -1.23. The van der Waals surface area contributed by atoms with E-state index in [0.29, 0.717) is 11.8 Å². The number of aryl methyl sites for hydroxylation is 2. The van der Waals surface area contributed by atoms with E-state index in [1.165, 1.54) is 0 Å². The summed E-state index contributed by atoms with van der Waals surface area (Å²) in [6.07, 6.45) is 0. The van der Waals surface area contributed by atoms with Gasteiger partial charge in [0, 0.05) is 0 Å². The Labute approximate surface area is 156 Å². The zero-order valence-electron chi connectivity index (χ0n) is 16.3. The van der Waals surface area contributed by atoms with Crippen molar-refractivity contribution in [3.63, 3.8) is 0 Å². The van der Waals surface area contributed by atoms with Crippen LogP contribution in [0, 0.1) is 13.8 Å². The topological polar surface area (TPSA) is 36.9 Å². The first-order valence-electron chi connectivity index (χ1n) is 9.30. The Morgan fingerprint density at radius 1 is 0.577 bits per heavy atom. The zero-order chi connectivity index (χ0) is 18.6. The van der Waals surface area contributed by atoms with Crippen LogP contribution in [0.2, 0.25) is 0 Å². The average Bonchev–Trinajstić information content (AvgIpc) is 3.19. The van der Waals surface area contributed by atoms with Gasteiger partial charge in [-0.3, -0.25) is 0 Å². The molecule has 2 aliphatic rings.